The van der Waals surface area contributed by atoms with Gasteiger partial charge >= 0.3 is 0 Å². The highest BCUT2D eigenvalue weighted by atomic mass is 16.3. The standard InChI is InChI=1S/C10H16N2O/c1-8-7-11-12(2)9(8)3-4-10(13)5-6-10/h7,13H,3-6H2,1-2H3. The van der Waals surface area contributed by atoms with Crippen molar-refractivity contribution < 1.29 is 5.11 Å². The van der Waals surface area contributed by atoms with Crippen molar-refractivity contribution in [1.82, 2.24) is 9.78 Å². The third-order valence-electron chi connectivity index (χ3n) is 2.92. The molecular weight excluding hydrogens is 164 g/mol. The van der Waals surface area contributed by atoms with Gasteiger partial charge in [0.1, 0.15) is 0 Å². The third kappa shape index (κ3) is 1.75. The van der Waals surface area contributed by atoms with Crippen LogP contribution < -0.4 is 0 Å². The predicted molar refractivity (Wildman–Crippen MR) is 50.4 cm³/mol. The molecule has 1 aromatic rings. The van der Waals surface area contributed by atoms with Crippen LogP contribution in [0.25, 0.3) is 0 Å². The first-order valence-corrected chi connectivity index (χ1v) is 4.81. The molecular formula is C10H16N2O. The fraction of sp³-hybridized carbons (Fsp3) is 0.700. The van der Waals surface area contributed by atoms with Crippen LogP contribution in [0.4, 0.5) is 0 Å². The summed E-state index contributed by atoms with van der Waals surface area (Å²) in [5.74, 6) is 0. The van der Waals surface area contributed by atoms with Crippen LogP contribution in [0.2, 0.25) is 0 Å². The number of aryl methyl sites for hydroxylation is 2. The fourth-order valence-corrected chi connectivity index (χ4v) is 1.68. The Morgan fingerprint density at radius 1 is 1.62 bits per heavy atom. The molecule has 0 spiro atoms. The van der Waals surface area contributed by atoms with Gasteiger partial charge in [-0.15, -0.1) is 0 Å². The Labute approximate surface area is 78.4 Å². The van der Waals surface area contributed by atoms with Crippen LogP contribution in [0.15, 0.2) is 6.20 Å². The van der Waals surface area contributed by atoms with E-state index in [2.05, 4.69) is 12.0 Å². The molecule has 0 saturated heterocycles. The molecule has 0 amide bonds. The van der Waals surface area contributed by atoms with Gasteiger partial charge in [0.15, 0.2) is 0 Å². The van der Waals surface area contributed by atoms with Gasteiger partial charge in [0.25, 0.3) is 0 Å². The van der Waals surface area contributed by atoms with Crippen LogP contribution in [0.1, 0.15) is 30.5 Å². The summed E-state index contributed by atoms with van der Waals surface area (Å²) in [6.07, 6.45) is 5.66. The summed E-state index contributed by atoms with van der Waals surface area (Å²) in [5.41, 5.74) is 2.14. The SMILES string of the molecule is Cc1cnn(C)c1CCC1(O)CC1. The van der Waals surface area contributed by atoms with E-state index in [1.165, 1.54) is 11.3 Å². The molecule has 1 saturated carbocycles. The van der Waals surface area contributed by atoms with E-state index in [-0.39, 0.29) is 5.60 Å². The molecule has 13 heavy (non-hydrogen) atoms. The van der Waals surface area contributed by atoms with E-state index in [1.807, 2.05) is 17.9 Å². The Hall–Kier alpha value is -0.830. The van der Waals surface area contributed by atoms with Crippen molar-refractivity contribution in [3.63, 3.8) is 0 Å². The second kappa shape index (κ2) is 2.84. The Morgan fingerprint density at radius 3 is 2.77 bits per heavy atom. The monoisotopic (exact) mass is 180 g/mol. The van der Waals surface area contributed by atoms with Crippen LogP contribution in [0.5, 0.6) is 0 Å². The Bertz CT molecular complexity index is 293. The van der Waals surface area contributed by atoms with Crippen LogP contribution >= 0.6 is 0 Å². The van der Waals surface area contributed by atoms with Gasteiger partial charge in [-0.25, -0.2) is 0 Å². The minimum atomic E-state index is -0.337. The summed E-state index contributed by atoms with van der Waals surface area (Å²) < 4.78 is 1.90. The molecule has 3 heteroatoms. The van der Waals surface area contributed by atoms with Crippen molar-refractivity contribution in [2.24, 2.45) is 7.05 Å². The predicted octanol–water partition coefficient (Wildman–Crippen LogP) is 1.19. The van der Waals surface area contributed by atoms with Gasteiger partial charge in [-0.3, -0.25) is 4.68 Å². The van der Waals surface area contributed by atoms with E-state index < -0.39 is 0 Å². The highest BCUT2D eigenvalue weighted by molar-refractivity contribution is 5.16. The Kier molecular flexibility index (Phi) is 1.91. The van der Waals surface area contributed by atoms with Crippen molar-refractivity contribution in [2.75, 3.05) is 0 Å². The average Bonchev–Trinajstić information content (AvgIpc) is 2.72. The maximum Gasteiger partial charge on any atom is 0.0653 e. The summed E-state index contributed by atoms with van der Waals surface area (Å²) in [5, 5.41) is 13.9. The van der Waals surface area contributed by atoms with Gasteiger partial charge in [0.05, 0.1) is 11.8 Å². The number of hydrogen-bond acceptors (Lipinski definition) is 2. The smallest absolute Gasteiger partial charge is 0.0653 e. The number of rotatable bonds is 3. The number of hydrogen-bond donors (Lipinski definition) is 1. The lowest BCUT2D eigenvalue weighted by atomic mass is 10.1. The highest BCUT2D eigenvalue weighted by Crippen LogP contribution is 2.39. The van der Waals surface area contributed by atoms with Gasteiger partial charge in [0.2, 0.25) is 0 Å². The molecule has 0 bridgehead atoms. The van der Waals surface area contributed by atoms with Crippen LogP contribution in [0.3, 0.4) is 0 Å². The quantitative estimate of drug-likeness (QED) is 0.758. The van der Waals surface area contributed by atoms with E-state index >= 15 is 0 Å². The summed E-state index contributed by atoms with van der Waals surface area (Å²) in [6, 6.07) is 0. The first kappa shape index (κ1) is 8.75. The zero-order valence-electron chi connectivity index (χ0n) is 8.25. The summed E-state index contributed by atoms with van der Waals surface area (Å²) >= 11 is 0. The van der Waals surface area contributed by atoms with Crippen molar-refractivity contribution in [2.45, 2.75) is 38.2 Å². The molecule has 1 heterocycles. The van der Waals surface area contributed by atoms with E-state index in [4.69, 9.17) is 0 Å². The second-order valence-electron chi connectivity index (χ2n) is 4.12. The molecule has 0 aliphatic heterocycles. The van der Waals surface area contributed by atoms with E-state index in [1.54, 1.807) is 0 Å². The first-order valence-electron chi connectivity index (χ1n) is 4.81. The van der Waals surface area contributed by atoms with Crippen molar-refractivity contribution >= 4 is 0 Å². The largest absolute Gasteiger partial charge is 0.390 e. The van der Waals surface area contributed by atoms with Crippen molar-refractivity contribution in [1.29, 1.82) is 0 Å². The molecule has 0 atom stereocenters. The first-order chi connectivity index (χ1) is 6.11. The fourth-order valence-electron chi connectivity index (χ4n) is 1.68. The Balaban J connectivity index is 2.00. The maximum absolute atomic E-state index is 9.68. The summed E-state index contributed by atoms with van der Waals surface area (Å²) in [7, 11) is 1.96. The molecule has 0 radical (unpaired) electrons. The van der Waals surface area contributed by atoms with Gasteiger partial charge in [-0.2, -0.15) is 5.10 Å². The van der Waals surface area contributed by atoms with Crippen LogP contribution in [-0.4, -0.2) is 20.5 Å². The molecule has 1 fully saturated rings. The zero-order chi connectivity index (χ0) is 9.47. The number of nitrogens with zero attached hydrogens (tertiary/aromatic N) is 2. The van der Waals surface area contributed by atoms with E-state index in [0.717, 1.165) is 25.7 Å². The summed E-state index contributed by atoms with van der Waals surface area (Å²) in [6.45, 7) is 2.07. The second-order valence-corrected chi connectivity index (χ2v) is 4.12. The van der Waals surface area contributed by atoms with Crippen LogP contribution in [-0.2, 0) is 13.5 Å². The molecule has 1 N–H and O–H groups in total. The molecule has 1 aliphatic rings. The van der Waals surface area contributed by atoms with Gasteiger partial charge in [-0.1, -0.05) is 0 Å². The van der Waals surface area contributed by atoms with Crippen molar-refractivity contribution in [3.8, 4) is 0 Å². The average molecular weight is 180 g/mol. The molecule has 1 aromatic heterocycles. The molecule has 0 unspecified atom stereocenters. The lowest BCUT2D eigenvalue weighted by Gasteiger charge is -2.07. The summed E-state index contributed by atoms with van der Waals surface area (Å²) in [4.78, 5) is 0. The maximum atomic E-state index is 9.68. The third-order valence-corrected chi connectivity index (χ3v) is 2.92. The lowest BCUT2D eigenvalue weighted by Crippen LogP contribution is -2.10. The minimum Gasteiger partial charge on any atom is -0.390 e. The number of aliphatic hydroxyl groups is 1. The highest BCUT2D eigenvalue weighted by Gasteiger charge is 2.39. The molecule has 0 aromatic carbocycles. The van der Waals surface area contributed by atoms with Gasteiger partial charge in [0, 0.05) is 12.7 Å². The Morgan fingerprint density at radius 2 is 2.31 bits per heavy atom. The zero-order valence-corrected chi connectivity index (χ0v) is 8.25. The topological polar surface area (TPSA) is 38.0 Å². The van der Waals surface area contributed by atoms with Crippen LogP contribution in [0, 0.1) is 6.92 Å². The molecule has 3 nitrogen and oxygen atoms in total. The molecule has 1 aliphatic carbocycles. The lowest BCUT2D eigenvalue weighted by molar-refractivity contribution is 0.140. The van der Waals surface area contributed by atoms with Crippen molar-refractivity contribution in [3.05, 3.63) is 17.5 Å². The molecule has 2 rings (SSSR count). The van der Waals surface area contributed by atoms with Gasteiger partial charge < -0.3 is 5.11 Å². The molecule has 72 valence electrons. The minimum absolute atomic E-state index is 0.337. The normalized spacial score (nSPS) is 19.0. The van der Waals surface area contributed by atoms with E-state index in [0.29, 0.717) is 0 Å². The number of aromatic nitrogens is 2. The van der Waals surface area contributed by atoms with Gasteiger partial charge in [-0.05, 0) is 38.2 Å². The van der Waals surface area contributed by atoms with E-state index in [9.17, 15) is 5.11 Å².